The summed E-state index contributed by atoms with van der Waals surface area (Å²) in [5.74, 6) is 2.30. The molecule has 0 aliphatic rings. The van der Waals surface area contributed by atoms with Crippen LogP contribution in [0.1, 0.15) is 26.5 Å². The van der Waals surface area contributed by atoms with Crippen molar-refractivity contribution in [3.05, 3.63) is 48.7 Å². The molecule has 0 bridgehead atoms. The second-order valence-corrected chi connectivity index (χ2v) is 8.40. The minimum atomic E-state index is -0.859. The summed E-state index contributed by atoms with van der Waals surface area (Å²) >= 11 is 0. The van der Waals surface area contributed by atoms with Gasteiger partial charge in [0, 0.05) is 17.0 Å². The number of carbonyl (C=O) groups is 1. The van der Waals surface area contributed by atoms with Gasteiger partial charge in [-0.3, -0.25) is 0 Å². The first-order chi connectivity index (χ1) is 18.4. The highest BCUT2D eigenvalue weighted by Crippen LogP contribution is 2.45. The molecule has 200 valence electrons. The van der Waals surface area contributed by atoms with Crippen LogP contribution in [-0.4, -0.2) is 59.9 Å². The number of nitrogens with zero attached hydrogens (tertiary/aromatic N) is 4. The van der Waals surface area contributed by atoms with Gasteiger partial charge < -0.3 is 28.4 Å². The van der Waals surface area contributed by atoms with Gasteiger partial charge in [-0.15, -0.1) is 0 Å². The molecule has 0 saturated heterocycles. The van der Waals surface area contributed by atoms with Gasteiger partial charge in [-0.1, -0.05) is 6.07 Å². The van der Waals surface area contributed by atoms with Crippen LogP contribution in [0.5, 0.6) is 28.7 Å². The normalized spacial score (nSPS) is 10.9. The van der Waals surface area contributed by atoms with Gasteiger partial charge in [-0.05, 0) is 44.5 Å². The van der Waals surface area contributed by atoms with Gasteiger partial charge in [0.15, 0.2) is 28.7 Å². The molecule has 0 aliphatic carbocycles. The van der Waals surface area contributed by atoms with Crippen molar-refractivity contribution < 1.29 is 33.2 Å². The Morgan fingerprint density at radius 1 is 0.974 bits per heavy atom. The van der Waals surface area contributed by atoms with E-state index in [0.29, 0.717) is 50.7 Å². The fourth-order valence-electron chi connectivity index (χ4n) is 4.00. The zero-order valence-corrected chi connectivity index (χ0v) is 22.2. The van der Waals surface area contributed by atoms with E-state index in [1.54, 1.807) is 57.5 Å². The quantitative estimate of drug-likeness (QED) is 0.267. The molecule has 2 aromatic carbocycles. The van der Waals surface area contributed by atoms with Crippen LogP contribution in [-0.2, 0) is 11.3 Å². The van der Waals surface area contributed by atoms with Crippen LogP contribution in [0.25, 0.3) is 22.0 Å². The minimum Gasteiger partial charge on any atom is -0.493 e. The molecule has 0 fully saturated rings. The lowest BCUT2D eigenvalue weighted by Crippen LogP contribution is -2.15. The van der Waals surface area contributed by atoms with E-state index in [2.05, 4.69) is 10.1 Å². The molecular formula is C27H30N4O7. The smallest absolute Gasteiger partial charge is 0.493 e. The van der Waals surface area contributed by atoms with Crippen molar-refractivity contribution >= 4 is 17.1 Å². The maximum absolute atomic E-state index is 12.6. The number of hydrogen-bond acceptors (Lipinski definition) is 10. The summed E-state index contributed by atoms with van der Waals surface area (Å²) in [6.07, 6.45) is 2.01. The molecule has 4 rings (SSSR count). The lowest BCUT2D eigenvalue weighted by Gasteiger charge is -2.20. The van der Waals surface area contributed by atoms with Gasteiger partial charge >= 0.3 is 6.16 Å². The molecule has 11 nitrogen and oxygen atoms in total. The molecule has 0 spiro atoms. The summed E-state index contributed by atoms with van der Waals surface area (Å²) in [4.78, 5) is 21.5. The Bertz CT molecular complexity index is 1420. The number of methoxy groups -OCH3 is 3. The summed E-state index contributed by atoms with van der Waals surface area (Å²) < 4.78 is 35.1. The average molecular weight is 523 g/mol. The summed E-state index contributed by atoms with van der Waals surface area (Å²) in [6, 6.07) is 9.05. The number of ether oxygens (including phenoxy) is 6. The van der Waals surface area contributed by atoms with Gasteiger partial charge in [0.25, 0.3) is 0 Å². The maximum atomic E-state index is 12.6. The second-order valence-electron chi connectivity index (χ2n) is 8.40. The summed E-state index contributed by atoms with van der Waals surface area (Å²) in [6.45, 7) is 5.88. The van der Waals surface area contributed by atoms with Gasteiger partial charge in [-0.2, -0.15) is 5.10 Å². The van der Waals surface area contributed by atoms with E-state index < -0.39 is 6.16 Å². The standard InChI is InChI=1S/C27H30N4O7/c1-7-36-27(32)38-26-20(13-31-15-28-14-29-31)30-19-12-23(35-6)22(34-5)11-18(19)25(26)17-8-9-21(33-4)24(10-17)37-16(2)3/h8-12,14-16H,7,13H2,1-6H3. The Morgan fingerprint density at radius 3 is 2.34 bits per heavy atom. The zero-order chi connectivity index (χ0) is 27.2. The first-order valence-electron chi connectivity index (χ1n) is 12.0. The van der Waals surface area contributed by atoms with Gasteiger partial charge in [0.05, 0.1) is 46.1 Å². The Labute approximate surface area is 220 Å². The molecule has 2 aromatic heterocycles. The largest absolute Gasteiger partial charge is 0.513 e. The van der Waals surface area contributed by atoms with E-state index in [9.17, 15) is 4.79 Å². The van der Waals surface area contributed by atoms with Crippen molar-refractivity contribution in [2.45, 2.75) is 33.4 Å². The number of fused-ring (bicyclic) bond motifs is 1. The monoisotopic (exact) mass is 522 g/mol. The van der Waals surface area contributed by atoms with Gasteiger partial charge in [0.2, 0.25) is 0 Å². The van der Waals surface area contributed by atoms with E-state index in [1.165, 1.54) is 6.33 Å². The lowest BCUT2D eigenvalue weighted by molar-refractivity contribution is 0.104. The summed E-state index contributed by atoms with van der Waals surface area (Å²) in [7, 11) is 4.68. The van der Waals surface area contributed by atoms with E-state index in [-0.39, 0.29) is 25.0 Å². The third-order valence-corrected chi connectivity index (χ3v) is 5.56. The minimum absolute atomic E-state index is 0.101. The average Bonchev–Trinajstić information content (AvgIpc) is 3.41. The van der Waals surface area contributed by atoms with E-state index >= 15 is 0 Å². The Hall–Kier alpha value is -4.54. The zero-order valence-electron chi connectivity index (χ0n) is 22.2. The van der Waals surface area contributed by atoms with Crippen LogP contribution < -0.4 is 23.7 Å². The molecule has 0 aliphatic heterocycles. The van der Waals surface area contributed by atoms with Crippen LogP contribution in [0.15, 0.2) is 43.0 Å². The molecule has 38 heavy (non-hydrogen) atoms. The molecular weight excluding hydrogens is 492 g/mol. The molecule has 0 N–H and O–H groups in total. The van der Waals surface area contributed by atoms with Gasteiger partial charge in [-0.25, -0.2) is 19.4 Å². The first kappa shape index (κ1) is 26.5. The third-order valence-electron chi connectivity index (χ3n) is 5.56. The van der Waals surface area contributed by atoms with Crippen molar-refractivity contribution in [3.63, 3.8) is 0 Å². The highest BCUT2D eigenvalue weighted by atomic mass is 16.7. The van der Waals surface area contributed by atoms with Crippen molar-refractivity contribution in [1.29, 1.82) is 0 Å². The number of hydrogen-bond donors (Lipinski definition) is 0. The Kier molecular flexibility index (Phi) is 8.15. The highest BCUT2D eigenvalue weighted by Gasteiger charge is 2.24. The van der Waals surface area contributed by atoms with Crippen molar-refractivity contribution in [2.75, 3.05) is 27.9 Å². The van der Waals surface area contributed by atoms with Crippen molar-refractivity contribution in [2.24, 2.45) is 0 Å². The third kappa shape index (κ3) is 5.56. The topological polar surface area (TPSA) is 116 Å². The molecule has 0 unspecified atom stereocenters. The summed E-state index contributed by atoms with van der Waals surface area (Å²) in [5, 5.41) is 4.85. The SMILES string of the molecule is CCOC(=O)Oc1c(Cn2cncn2)nc2cc(OC)c(OC)cc2c1-c1ccc(OC)c(OC(C)C)c1. The van der Waals surface area contributed by atoms with E-state index in [0.717, 1.165) is 0 Å². The predicted octanol–water partition coefficient (Wildman–Crippen LogP) is 4.89. The Balaban J connectivity index is 2.07. The fourth-order valence-corrected chi connectivity index (χ4v) is 4.00. The number of benzene rings is 2. The van der Waals surface area contributed by atoms with Crippen molar-refractivity contribution in [3.8, 4) is 39.9 Å². The van der Waals surface area contributed by atoms with Gasteiger partial charge in [0.1, 0.15) is 18.3 Å². The molecule has 4 aromatic rings. The maximum Gasteiger partial charge on any atom is 0.513 e. The van der Waals surface area contributed by atoms with Crippen LogP contribution in [0.2, 0.25) is 0 Å². The number of aromatic nitrogens is 4. The molecule has 0 atom stereocenters. The highest BCUT2D eigenvalue weighted by molar-refractivity contribution is 6.01. The predicted molar refractivity (Wildman–Crippen MR) is 139 cm³/mol. The molecule has 0 amide bonds. The van der Waals surface area contributed by atoms with Crippen LogP contribution in [0.4, 0.5) is 4.79 Å². The van der Waals surface area contributed by atoms with Crippen LogP contribution >= 0.6 is 0 Å². The molecule has 2 heterocycles. The van der Waals surface area contributed by atoms with Crippen LogP contribution in [0, 0.1) is 0 Å². The van der Waals surface area contributed by atoms with Crippen molar-refractivity contribution in [1.82, 2.24) is 19.7 Å². The number of rotatable bonds is 10. The van der Waals surface area contributed by atoms with E-state index in [4.69, 9.17) is 33.4 Å². The lowest BCUT2D eigenvalue weighted by atomic mass is 9.97. The Morgan fingerprint density at radius 2 is 1.71 bits per heavy atom. The first-order valence-corrected chi connectivity index (χ1v) is 12.0. The fraction of sp³-hybridized carbons (Fsp3) is 0.333. The van der Waals surface area contributed by atoms with E-state index in [1.807, 2.05) is 26.0 Å². The van der Waals surface area contributed by atoms with Crippen LogP contribution in [0.3, 0.4) is 0 Å². The second kappa shape index (κ2) is 11.7. The molecule has 0 radical (unpaired) electrons. The molecule has 0 saturated carbocycles. The summed E-state index contributed by atoms with van der Waals surface area (Å²) in [5.41, 5.74) is 2.29. The number of pyridine rings is 1. The number of carbonyl (C=O) groups excluding carboxylic acids is 1. The molecule has 11 heteroatoms.